The fourth-order valence-electron chi connectivity index (χ4n) is 1.29. The van der Waals surface area contributed by atoms with Crippen molar-refractivity contribution in [3.63, 3.8) is 0 Å². The number of hydrogen-bond acceptors (Lipinski definition) is 1. The van der Waals surface area contributed by atoms with Crippen molar-refractivity contribution in [2.24, 2.45) is 0 Å². The third kappa shape index (κ3) is 2.71. The third-order valence-electron chi connectivity index (χ3n) is 2.11. The molecular weight excluding hydrogens is 184 g/mol. The first-order valence-electron chi connectivity index (χ1n) is 4.78. The molecule has 73 valence electrons. The fraction of sp³-hybridized carbons (Fsp3) is 0. The van der Waals surface area contributed by atoms with Crippen molar-refractivity contribution in [2.75, 3.05) is 0 Å². The molecule has 2 aromatic rings. The molecule has 0 atom stereocenters. The molecular formula is C14H11O. The van der Waals surface area contributed by atoms with Gasteiger partial charge in [0, 0.05) is 0 Å². The highest BCUT2D eigenvalue weighted by molar-refractivity contribution is 5.69. The van der Waals surface area contributed by atoms with E-state index in [9.17, 15) is 0 Å². The number of phenols is 1. The summed E-state index contributed by atoms with van der Waals surface area (Å²) in [4.78, 5) is 0. The van der Waals surface area contributed by atoms with Crippen LogP contribution in [0.15, 0.2) is 48.5 Å². The molecule has 0 aliphatic heterocycles. The summed E-state index contributed by atoms with van der Waals surface area (Å²) in [7, 11) is 0. The molecule has 1 heteroatoms. The molecule has 0 fully saturated rings. The predicted molar refractivity (Wildman–Crippen MR) is 62.3 cm³/mol. The van der Waals surface area contributed by atoms with E-state index in [2.05, 4.69) is 6.07 Å². The summed E-state index contributed by atoms with van der Waals surface area (Å²) >= 11 is 0. The van der Waals surface area contributed by atoms with Crippen molar-refractivity contribution in [3.05, 3.63) is 65.7 Å². The average Bonchev–Trinajstić information content (AvgIpc) is 2.30. The Bertz CT molecular complexity index is 441. The van der Waals surface area contributed by atoms with Gasteiger partial charge in [-0.05, 0) is 29.3 Å². The van der Waals surface area contributed by atoms with Gasteiger partial charge in [-0.15, -0.1) is 0 Å². The zero-order chi connectivity index (χ0) is 10.5. The standard InChI is InChI=1S/C14H11O/c15-14-10-8-13(9-11-14)7-6-12-4-2-1-3-5-12/h2-11,15H. The van der Waals surface area contributed by atoms with Crippen LogP contribution >= 0.6 is 0 Å². The molecule has 2 aromatic carbocycles. The molecule has 1 nitrogen and oxygen atoms in total. The molecule has 2 rings (SSSR count). The van der Waals surface area contributed by atoms with Gasteiger partial charge in [0.2, 0.25) is 0 Å². The molecule has 0 aromatic heterocycles. The van der Waals surface area contributed by atoms with Crippen LogP contribution in [0.3, 0.4) is 0 Å². The highest BCUT2D eigenvalue weighted by atomic mass is 16.3. The van der Waals surface area contributed by atoms with Crippen molar-refractivity contribution in [2.45, 2.75) is 0 Å². The SMILES string of the molecule is Oc1ccc(C=Cc2cc[c]cc2)cc1. The third-order valence-corrected chi connectivity index (χ3v) is 2.11. The quantitative estimate of drug-likeness (QED) is 0.728. The van der Waals surface area contributed by atoms with E-state index in [-0.39, 0.29) is 0 Å². The first-order chi connectivity index (χ1) is 7.34. The predicted octanol–water partition coefficient (Wildman–Crippen LogP) is 3.36. The van der Waals surface area contributed by atoms with Crippen LogP contribution < -0.4 is 0 Å². The maximum absolute atomic E-state index is 9.11. The molecule has 0 unspecified atom stereocenters. The van der Waals surface area contributed by atoms with Gasteiger partial charge in [0.05, 0.1) is 0 Å². The summed E-state index contributed by atoms with van der Waals surface area (Å²) in [5.74, 6) is 0.293. The summed E-state index contributed by atoms with van der Waals surface area (Å²) in [5, 5.41) is 9.11. The second-order valence-corrected chi connectivity index (χ2v) is 3.26. The summed E-state index contributed by atoms with van der Waals surface area (Å²) in [6.45, 7) is 0. The summed E-state index contributed by atoms with van der Waals surface area (Å²) in [5.41, 5.74) is 2.21. The van der Waals surface area contributed by atoms with Gasteiger partial charge < -0.3 is 5.11 Å². The second-order valence-electron chi connectivity index (χ2n) is 3.26. The van der Waals surface area contributed by atoms with Crippen LogP contribution in [0.2, 0.25) is 0 Å². The Hall–Kier alpha value is -2.02. The molecule has 1 radical (unpaired) electrons. The van der Waals surface area contributed by atoms with Crippen LogP contribution in [0.4, 0.5) is 0 Å². The largest absolute Gasteiger partial charge is 0.508 e. The lowest BCUT2D eigenvalue weighted by molar-refractivity contribution is 0.475. The Morgan fingerprint density at radius 1 is 0.800 bits per heavy atom. The highest BCUT2D eigenvalue weighted by Gasteiger charge is 1.88. The Kier molecular flexibility index (Phi) is 2.84. The van der Waals surface area contributed by atoms with Gasteiger partial charge >= 0.3 is 0 Å². The Labute approximate surface area is 89.3 Å². The molecule has 0 heterocycles. The number of rotatable bonds is 2. The summed E-state index contributed by atoms with van der Waals surface area (Å²) < 4.78 is 0. The molecule has 0 aliphatic rings. The van der Waals surface area contributed by atoms with E-state index < -0.39 is 0 Å². The van der Waals surface area contributed by atoms with E-state index in [4.69, 9.17) is 5.11 Å². The average molecular weight is 195 g/mol. The van der Waals surface area contributed by atoms with Gasteiger partial charge in [0.1, 0.15) is 5.75 Å². The summed E-state index contributed by atoms with van der Waals surface area (Å²) in [6, 6.07) is 17.8. The fourth-order valence-corrected chi connectivity index (χ4v) is 1.29. The molecule has 0 amide bonds. The van der Waals surface area contributed by atoms with Crippen molar-refractivity contribution in [1.29, 1.82) is 0 Å². The van der Waals surface area contributed by atoms with Crippen molar-refractivity contribution in [3.8, 4) is 5.75 Å². The molecule has 0 saturated carbocycles. The Balaban J connectivity index is 2.15. The van der Waals surface area contributed by atoms with Gasteiger partial charge in [-0.25, -0.2) is 0 Å². The Morgan fingerprint density at radius 2 is 1.33 bits per heavy atom. The first-order valence-corrected chi connectivity index (χ1v) is 4.78. The molecule has 0 saturated heterocycles. The van der Waals surface area contributed by atoms with Gasteiger partial charge in [0.25, 0.3) is 0 Å². The minimum atomic E-state index is 0.293. The second kappa shape index (κ2) is 4.47. The van der Waals surface area contributed by atoms with Crippen LogP contribution in [0.25, 0.3) is 12.2 Å². The molecule has 0 bridgehead atoms. The van der Waals surface area contributed by atoms with Gasteiger partial charge in [-0.1, -0.05) is 48.6 Å². The lowest BCUT2D eigenvalue weighted by atomic mass is 10.1. The lowest BCUT2D eigenvalue weighted by Crippen LogP contribution is -1.71. The van der Waals surface area contributed by atoms with Crippen molar-refractivity contribution < 1.29 is 5.11 Å². The van der Waals surface area contributed by atoms with E-state index >= 15 is 0 Å². The van der Waals surface area contributed by atoms with Crippen LogP contribution in [-0.2, 0) is 0 Å². The van der Waals surface area contributed by atoms with Gasteiger partial charge in [-0.3, -0.25) is 0 Å². The van der Waals surface area contributed by atoms with Crippen LogP contribution in [0, 0.1) is 6.07 Å². The Morgan fingerprint density at radius 3 is 1.93 bits per heavy atom. The van der Waals surface area contributed by atoms with E-state index in [0.717, 1.165) is 11.1 Å². The number of phenolic OH excluding ortho intramolecular Hbond substituents is 1. The molecule has 1 N–H and O–H groups in total. The number of aromatic hydroxyl groups is 1. The first kappa shape index (κ1) is 9.53. The van der Waals surface area contributed by atoms with Crippen LogP contribution in [0.5, 0.6) is 5.75 Å². The molecule has 0 spiro atoms. The van der Waals surface area contributed by atoms with Crippen molar-refractivity contribution >= 4 is 12.2 Å². The maximum atomic E-state index is 9.11. The zero-order valence-electron chi connectivity index (χ0n) is 8.22. The van der Waals surface area contributed by atoms with Crippen LogP contribution in [0.1, 0.15) is 11.1 Å². The minimum absolute atomic E-state index is 0.293. The van der Waals surface area contributed by atoms with E-state index in [1.54, 1.807) is 12.1 Å². The number of hydrogen-bond donors (Lipinski definition) is 1. The zero-order valence-corrected chi connectivity index (χ0v) is 8.22. The maximum Gasteiger partial charge on any atom is 0.115 e. The minimum Gasteiger partial charge on any atom is -0.508 e. The van der Waals surface area contributed by atoms with E-state index in [1.807, 2.05) is 48.6 Å². The van der Waals surface area contributed by atoms with Gasteiger partial charge in [-0.2, -0.15) is 0 Å². The normalized spacial score (nSPS) is 10.7. The van der Waals surface area contributed by atoms with Crippen LogP contribution in [-0.4, -0.2) is 5.11 Å². The highest BCUT2D eigenvalue weighted by Crippen LogP contribution is 2.12. The van der Waals surface area contributed by atoms with E-state index in [0.29, 0.717) is 5.75 Å². The number of benzene rings is 2. The monoisotopic (exact) mass is 195 g/mol. The van der Waals surface area contributed by atoms with Gasteiger partial charge in [0.15, 0.2) is 0 Å². The molecule has 0 aliphatic carbocycles. The van der Waals surface area contributed by atoms with Crippen molar-refractivity contribution in [1.82, 2.24) is 0 Å². The smallest absolute Gasteiger partial charge is 0.115 e. The lowest BCUT2D eigenvalue weighted by Gasteiger charge is -1.94. The molecule has 15 heavy (non-hydrogen) atoms. The van der Waals surface area contributed by atoms with E-state index in [1.165, 1.54) is 0 Å². The topological polar surface area (TPSA) is 20.2 Å². The summed E-state index contributed by atoms with van der Waals surface area (Å²) in [6.07, 6.45) is 4.04.